The number of benzene rings is 1. The van der Waals surface area contributed by atoms with Crippen molar-refractivity contribution in [1.29, 1.82) is 0 Å². The molecule has 2 aliphatic rings. The van der Waals surface area contributed by atoms with E-state index in [2.05, 4.69) is 27.1 Å². The van der Waals surface area contributed by atoms with E-state index in [1.165, 1.54) is 11.3 Å². The molecule has 0 amide bonds. The minimum Gasteiger partial charge on any atom is -0.494 e. The quantitative estimate of drug-likeness (QED) is 0.624. The highest BCUT2D eigenvalue weighted by Crippen LogP contribution is 2.43. The fourth-order valence-electron chi connectivity index (χ4n) is 4.47. The van der Waals surface area contributed by atoms with Crippen molar-refractivity contribution >= 4 is 16.3 Å². The number of aryl methyl sites for hydroxylation is 1. The predicted molar refractivity (Wildman–Crippen MR) is 117 cm³/mol. The van der Waals surface area contributed by atoms with Crippen LogP contribution < -0.4 is 4.74 Å². The Morgan fingerprint density at radius 2 is 1.87 bits per heavy atom. The Morgan fingerprint density at radius 3 is 2.48 bits per heavy atom. The number of hydrogen-bond acceptors (Lipinski definition) is 8. The van der Waals surface area contributed by atoms with E-state index in [1.54, 1.807) is 4.52 Å². The molecule has 31 heavy (non-hydrogen) atoms. The molecular weight excluding hydrogens is 416 g/mol. The SMILES string of the molecule is CCOc1ccc([C@@H](c2sc3nc(CC)nn3c2O)N2CCC3(CC2)OCCO3)cc1. The van der Waals surface area contributed by atoms with Crippen molar-refractivity contribution < 1.29 is 19.3 Å². The van der Waals surface area contributed by atoms with Gasteiger partial charge in [-0.2, -0.15) is 4.52 Å². The number of thiazole rings is 1. The summed E-state index contributed by atoms with van der Waals surface area (Å²) in [7, 11) is 0. The Morgan fingerprint density at radius 1 is 1.16 bits per heavy atom. The summed E-state index contributed by atoms with van der Waals surface area (Å²) in [6, 6.07) is 8.03. The largest absolute Gasteiger partial charge is 0.494 e. The van der Waals surface area contributed by atoms with Gasteiger partial charge in [0.15, 0.2) is 11.6 Å². The lowest BCUT2D eigenvalue weighted by Gasteiger charge is -2.41. The zero-order valence-electron chi connectivity index (χ0n) is 17.9. The Balaban J connectivity index is 1.50. The number of ether oxygens (including phenoxy) is 3. The first-order valence-electron chi connectivity index (χ1n) is 10.9. The van der Waals surface area contributed by atoms with Crippen LogP contribution in [-0.2, 0) is 15.9 Å². The van der Waals surface area contributed by atoms with Crippen LogP contribution in [0.25, 0.3) is 4.96 Å². The monoisotopic (exact) mass is 444 g/mol. The summed E-state index contributed by atoms with van der Waals surface area (Å²) in [6.45, 7) is 7.57. The third-order valence-corrected chi connectivity index (χ3v) is 7.13. The Hall–Kier alpha value is -2.20. The van der Waals surface area contributed by atoms with Crippen molar-refractivity contribution in [3.8, 4) is 11.6 Å². The molecule has 2 aromatic heterocycles. The van der Waals surface area contributed by atoms with Crippen LogP contribution in [0, 0.1) is 0 Å². The van der Waals surface area contributed by atoms with Gasteiger partial charge in [-0.05, 0) is 24.6 Å². The van der Waals surface area contributed by atoms with Crippen molar-refractivity contribution in [3.63, 3.8) is 0 Å². The van der Waals surface area contributed by atoms with Gasteiger partial charge in [-0.15, -0.1) is 5.10 Å². The van der Waals surface area contributed by atoms with E-state index < -0.39 is 5.79 Å². The summed E-state index contributed by atoms with van der Waals surface area (Å²) in [5.74, 6) is 1.31. The lowest BCUT2D eigenvalue weighted by Crippen LogP contribution is -2.46. The van der Waals surface area contributed by atoms with Crippen LogP contribution >= 0.6 is 11.3 Å². The minimum atomic E-state index is -0.441. The molecule has 1 N–H and O–H groups in total. The molecule has 9 heteroatoms. The van der Waals surface area contributed by atoms with Gasteiger partial charge in [0.2, 0.25) is 10.8 Å². The fraction of sp³-hybridized carbons (Fsp3) is 0.545. The number of nitrogens with zero attached hydrogens (tertiary/aromatic N) is 4. The van der Waals surface area contributed by atoms with Crippen LogP contribution in [-0.4, -0.2) is 63.3 Å². The van der Waals surface area contributed by atoms with E-state index in [-0.39, 0.29) is 11.9 Å². The second-order valence-electron chi connectivity index (χ2n) is 7.91. The molecule has 2 fully saturated rings. The van der Waals surface area contributed by atoms with E-state index in [9.17, 15) is 5.11 Å². The summed E-state index contributed by atoms with van der Waals surface area (Å²) in [5, 5.41) is 15.5. The molecule has 4 heterocycles. The normalized spacial score (nSPS) is 19.9. The van der Waals surface area contributed by atoms with Crippen molar-refractivity contribution in [1.82, 2.24) is 19.5 Å². The van der Waals surface area contributed by atoms with Crippen LogP contribution in [0.15, 0.2) is 24.3 Å². The summed E-state index contributed by atoms with van der Waals surface area (Å²) in [4.78, 5) is 8.52. The van der Waals surface area contributed by atoms with E-state index >= 15 is 0 Å². The molecule has 0 bridgehead atoms. The number of rotatable bonds is 6. The van der Waals surface area contributed by atoms with E-state index in [4.69, 9.17) is 14.2 Å². The van der Waals surface area contributed by atoms with Crippen LogP contribution in [0.1, 0.15) is 49.0 Å². The second kappa shape index (κ2) is 8.38. The fourth-order valence-corrected chi connectivity index (χ4v) is 5.60. The smallest absolute Gasteiger partial charge is 0.230 e. The number of likely N-dealkylation sites (tertiary alicyclic amines) is 1. The standard InChI is InChI=1S/C22H28N4O4S/c1-3-17-23-21-26(24-17)20(27)19(31-21)18(15-5-7-16(8-6-15)28-4-2)25-11-9-22(10-12-25)29-13-14-30-22/h5-8,18,27H,3-4,9-14H2,1-2H3/t18-/m0/s1. The molecule has 166 valence electrons. The molecule has 2 aliphatic heterocycles. The first-order chi connectivity index (χ1) is 15.1. The van der Waals surface area contributed by atoms with Crippen molar-refractivity contribution in [2.24, 2.45) is 0 Å². The number of hydrogen-bond donors (Lipinski definition) is 1. The molecule has 0 unspecified atom stereocenters. The molecule has 0 saturated carbocycles. The Labute approximate surface area is 185 Å². The van der Waals surface area contributed by atoms with E-state index in [1.807, 2.05) is 26.0 Å². The Bertz CT molecular complexity index is 1030. The summed E-state index contributed by atoms with van der Waals surface area (Å²) in [6.07, 6.45) is 2.35. The average Bonchev–Trinajstić information content (AvgIpc) is 3.49. The van der Waals surface area contributed by atoms with Gasteiger partial charge in [0, 0.05) is 32.4 Å². The molecule has 0 aliphatic carbocycles. The first-order valence-corrected chi connectivity index (χ1v) is 11.8. The lowest BCUT2D eigenvalue weighted by molar-refractivity contribution is -0.187. The van der Waals surface area contributed by atoms with Crippen molar-refractivity contribution in [2.75, 3.05) is 32.9 Å². The third-order valence-electron chi connectivity index (χ3n) is 6.05. The molecular formula is C22H28N4O4S. The molecule has 0 radical (unpaired) electrons. The molecule has 1 aromatic carbocycles. The number of aromatic hydroxyl groups is 1. The molecule has 2 saturated heterocycles. The van der Waals surface area contributed by atoms with Gasteiger partial charge in [0.25, 0.3) is 0 Å². The van der Waals surface area contributed by atoms with Gasteiger partial charge in [0.05, 0.1) is 30.7 Å². The maximum Gasteiger partial charge on any atom is 0.230 e. The van der Waals surface area contributed by atoms with Gasteiger partial charge >= 0.3 is 0 Å². The van der Waals surface area contributed by atoms with Crippen LogP contribution in [0.2, 0.25) is 0 Å². The van der Waals surface area contributed by atoms with Crippen LogP contribution in [0.5, 0.6) is 11.6 Å². The summed E-state index contributed by atoms with van der Waals surface area (Å²) >= 11 is 1.50. The maximum absolute atomic E-state index is 11.1. The average molecular weight is 445 g/mol. The zero-order valence-corrected chi connectivity index (χ0v) is 18.7. The van der Waals surface area contributed by atoms with Crippen LogP contribution in [0.3, 0.4) is 0 Å². The van der Waals surface area contributed by atoms with Gasteiger partial charge in [-0.3, -0.25) is 4.90 Å². The molecule has 3 aromatic rings. The van der Waals surface area contributed by atoms with Gasteiger partial charge in [0.1, 0.15) is 5.75 Å². The predicted octanol–water partition coefficient (Wildman–Crippen LogP) is 3.39. The highest BCUT2D eigenvalue weighted by Gasteiger charge is 2.42. The topological polar surface area (TPSA) is 81.4 Å². The molecule has 5 rings (SSSR count). The summed E-state index contributed by atoms with van der Waals surface area (Å²) < 4.78 is 19.0. The van der Waals surface area contributed by atoms with Crippen molar-refractivity contribution in [2.45, 2.75) is 44.9 Å². The minimum absolute atomic E-state index is 0.104. The summed E-state index contributed by atoms with van der Waals surface area (Å²) in [5.41, 5.74) is 1.10. The molecule has 8 nitrogen and oxygen atoms in total. The van der Waals surface area contributed by atoms with E-state index in [0.29, 0.717) is 19.8 Å². The highest BCUT2D eigenvalue weighted by molar-refractivity contribution is 7.17. The first kappa shape index (κ1) is 20.7. The maximum atomic E-state index is 11.1. The highest BCUT2D eigenvalue weighted by atomic mass is 32.1. The van der Waals surface area contributed by atoms with Gasteiger partial charge in [-0.25, -0.2) is 4.98 Å². The van der Waals surface area contributed by atoms with E-state index in [0.717, 1.165) is 59.3 Å². The molecule has 1 spiro atoms. The zero-order chi connectivity index (χ0) is 21.4. The second-order valence-corrected chi connectivity index (χ2v) is 8.92. The lowest BCUT2D eigenvalue weighted by atomic mass is 9.97. The van der Waals surface area contributed by atoms with Gasteiger partial charge < -0.3 is 19.3 Å². The van der Waals surface area contributed by atoms with Gasteiger partial charge in [-0.1, -0.05) is 30.4 Å². The number of aromatic nitrogens is 3. The van der Waals surface area contributed by atoms with Crippen LogP contribution in [0.4, 0.5) is 0 Å². The third kappa shape index (κ3) is 3.80. The number of fused-ring (bicyclic) bond motifs is 1. The molecule has 1 atom stereocenters. The van der Waals surface area contributed by atoms with Crippen molar-refractivity contribution in [3.05, 3.63) is 40.5 Å². The Kier molecular flexibility index (Phi) is 5.60. The number of piperidine rings is 1.